The standard InChI is InChI=1S/C19H13BrN2S/c1-13-4-2-3-5-15(13)10-16(11-21)19-22-18(12-23-19)14-6-8-17(20)9-7-14/h2-10,12H,1H3/b16-10+. The van der Waals surface area contributed by atoms with Gasteiger partial charge in [-0.25, -0.2) is 4.98 Å². The van der Waals surface area contributed by atoms with Gasteiger partial charge >= 0.3 is 0 Å². The van der Waals surface area contributed by atoms with E-state index in [-0.39, 0.29) is 0 Å². The van der Waals surface area contributed by atoms with E-state index < -0.39 is 0 Å². The van der Waals surface area contributed by atoms with E-state index >= 15 is 0 Å². The minimum atomic E-state index is 0.590. The Morgan fingerprint density at radius 2 is 1.91 bits per heavy atom. The Bertz CT molecular complexity index is 902. The number of nitrogens with zero attached hydrogens (tertiary/aromatic N) is 2. The number of aryl methyl sites for hydroxylation is 1. The van der Waals surface area contributed by atoms with Crippen LogP contribution in [-0.2, 0) is 0 Å². The van der Waals surface area contributed by atoms with Gasteiger partial charge in [0.2, 0.25) is 0 Å². The molecule has 3 rings (SSSR count). The predicted molar refractivity (Wildman–Crippen MR) is 99.9 cm³/mol. The summed E-state index contributed by atoms with van der Waals surface area (Å²) in [4.78, 5) is 4.62. The van der Waals surface area contributed by atoms with Crippen LogP contribution in [-0.4, -0.2) is 4.98 Å². The fourth-order valence-electron chi connectivity index (χ4n) is 2.20. The summed E-state index contributed by atoms with van der Waals surface area (Å²) in [5.74, 6) is 0. The van der Waals surface area contributed by atoms with Crippen LogP contribution in [0.3, 0.4) is 0 Å². The molecule has 0 N–H and O–H groups in total. The zero-order valence-corrected chi connectivity index (χ0v) is 14.9. The van der Waals surface area contributed by atoms with Crippen LogP contribution >= 0.6 is 27.3 Å². The third kappa shape index (κ3) is 3.58. The lowest BCUT2D eigenvalue weighted by atomic mass is 10.1. The van der Waals surface area contributed by atoms with Gasteiger partial charge in [-0.1, -0.05) is 52.3 Å². The van der Waals surface area contributed by atoms with Gasteiger partial charge in [-0.05, 0) is 36.3 Å². The molecule has 0 atom stereocenters. The Kier molecular flexibility index (Phi) is 4.71. The molecule has 23 heavy (non-hydrogen) atoms. The number of hydrogen-bond acceptors (Lipinski definition) is 3. The van der Waals surface area contributed by atoms with E-state index in [1.54, 1.807) is 0 Å². The van der Waals surface area contributed by atoms with Crippen LogP contribution in [0.5, 0.6) is 0 Å². The SMILES string of the molecule is Cc1ccccc1/C=C(\C#N)c1nc(-c2ccc(Br)cc2)cs1. The van der Waals surface area contributed by atoms with Crippen LogP contribution < -0.4 is 0 Å². The maximum Gasteiger partial charge on any atom is 0.134 e. The van der Waals surface area contributed by atoms with E-state index in [0.717, 1.165) is 31.9 Å². The van der Waals surface area contributed by atoms with Crippen LogP contribution in [0.4, 0.5) is 0 Å². The summed E-state index contributed by atoms with van der Waals surface area (Å²) < 4.78 is 1.04. The normalized spacial score (nSPS) is 11.3. The van der Waals surface area contributed by atoms with Crippen molar-refractivity contribution in [2.45, 2.75) is 6.92 Å². The van der Waals surface area contributed by atoms with Gasteiger partial charge in [-0.2, -0.15) is 5.26 Å². The van der Waals surface area contributed by atoms with E-state index in [0.29, 0.717) is 5.57 Å². The number of allylic oxidation sites excluding steroid dienone is 1. The minimum absolute atomic E-state index is 0.590. The molecule has 2 nitrogen and oxygen atoms in total. The lowest BCUT2D eigenvalue weighted by molar-refractivity contribution is 1.37. The first-order valence-electron chi connectivity index (χ1n) is 7.06. The molecule has 3 aromatic rings. The van der Waals surface area contributed by atoms with Crippen molar-refractivity contribution in [3.05, 3.63) is 74.5 Å². The van der Waals surface area contributed by atoms with Crippen molar-refractivity contribution in [2.75, 3.05) is 0 Å². The molecule has 0 aliphatic heterocycles. The van der Waals surface area contributed by atoms with Crippen LogP contribution in [0, 0.1) is 18.3 Å². The third-order valence-corrected chi connectivity index (χ3v) is 4.89. The lowest BCUT2D eigenvalue weighted by Crippen LogP contribution is -1.84. The lowest BCUT2D eigenvalue weighted by Gasteiger charge is -2.00. The molecule has 0 bridgehead atoms. The molecule has 0 aliphatic rings. The summed E-state index contributed by atoms with van der Waals surface area (Å²) >= 11 is 4.92. The van der Waals surface area contributed by atoms with E-state index in [1.165, 1.54) is 11.3 Å². The zero-order valence-electron chi connectivity index (χ0n) is 12.5. The maximum absolute atomic E-state index is 9.49. The van der Waals surface area contributed by atoms with Crippen molar-refractivity contribution in [3.8, 4) is 17.3 Å². The Morgan fingerprint density at radius 3 is 2.61 bits per heavy atom. The van der Waals surface area contributed by atoms with Crippen LogP contribution in [0.1, 0.15) is 16.1 Å². The molecule has 0 saturated carbocycles. The molecule has 0 fully saturated rings. The van der Waals surface area contributed by atoms with Crippen molar-refractivity contribution < 1.29 is 0 Å². The number of thiazole rings is 1. The summed E-state index contributed by atoms with van der Waals surface area (Å²) in [6, 6.07) is 18.3. The molecule has 0 amide bonds. The van der Waals surface area contributed by atoms with Gasteiger partial charge in [-0.3, -0.25) is 0 Å². The van der Waals surface area contributed by atoms with E-state index in [2.05, 4.69) is 27.0 Å². The molecule has 0 saturated heterocycles. The van der Waals surface area contributed by atoms with Gasteiger partial charge in [-0.15, -0.1) is 11.3 Å². The van der Waals surface area contributed by atoms with Crippen LogP contribution in [0.15, 0.2) is 58.4 Å². The Labute approximate surface area is 147 Å². The fraction of sp³-hybridized carbons (Fsp3) is 0.0526. The Morgan fingerprint density at radius 1 is 1.17 bits per heavy atom. The molecule has 4 heteroatoms. The number of nitriles is 1. The molecule has 1 aromatic heterocycles. The largest absolute Gasteiger partial charge is 0.235 e. The fourth-order valence-corrected chi connectivity index (χ4v) is 3.26. The second-order valence-corrected chi connectivity index (χ2v) is 6.84. The second-order valence-electron chi connectivity index (χ2n) is 5.07. The molecule has 112 valence electrons. The number of hydrogen-bond donors (Lipinski definition) is 0. The second kappa shape index (κ2) is 6.91. The first-order chi connectivity index (χ1) is 11.2. The molecule has 1 heterocycles. The summed E-state index contributed by atoms with van der Waals surface area (Å²) in [5.41, 5.74) is 4.72. The average molecular weight is 381 g/mol. The molecule has 0 radical (unpaired) electrons. The predicted octanol–water partition coefficient (Wildman–Crippen LogP) is 5.95. The van der Waals surface area contributed by atoms with Crippen molar-refractivity contribution >= 4 is 38.9 Å². The highest BCUT2D eigenvalue weighted by molar-refractivity contribution is 9.10. The smallest absolute Gasteiger partial charge is 0.134 e. The van der Waals surface area contributed by atoms with Gasteiger partial charge in [0.25, 0.3) is 0 Å². The minimum Gasteiger partial charge on any atom is -0.235 e. The first-order valence-corrected chi connectivity index (χ1v) is 8.74. The van der Waals surface area contributed by atoms with Gasteiger partial charge in [0.1, 0.15) is 11.1 Å². The molecular weight excluding hydrogens is 368 g/mol. The molecule has 0 unspecified atom stereocenters. The number of aromatic nitrogens is 1. The van der Waals surface area contributed by atoms with E-state index in [4.69, 9.17) is 0 Å². The highest BCUT2D eigenvalue weighted by atomic mass is 79.9. The topological polar surface area (TPSA) is 36.7 Å². The highest BCUT2D eigenvalue weighted by Crippen LogP contribution is 2.28. The van der Waals surface area contributed by atoms with Gasteiger partial charge in [0.05, 0.1) is 11.3 Å². The van der Waals surface area contributed by atoms with Gasteiger partial charge in [0.15, 0.2) is 0 Å². The quantitative estimate of drug-likeness (QED) is 0.526. The van der Waals surface area contributed by atoms with Crippen LogP contribution in [0.25, 0.3) is 22.9 Å². The van der Waals surface area contributed by atoms with Gasteiger partial charge < -0.3 is 0 Å². The monoisotopic (exact) mass is 380 g/mol. The van der Waals surface area contributed by atoms with E-state index in [1.807, 2.05) is 66.9 Å². The molecule has 2 aromatic carbocycles. The van der Waals surface area contributed by atoms with Crippen molar-refractivity contribution in [1.29, 1.82) is 5.26 Å². The number of halogens is 1. The van der Waals surface area contributed by atoms with Crippen LogP contribution in [0.2, 0.25) is 0 Å². The summed E-state index contributed by atoms with van der Waals surface area (Å²) in [6.07, 6.45) is 1.90. The van der Waals surface area contributed by atoms with Gasteiger partial charge in [0, 0.05) is 15.4 Å². The van der Waals surface area contributed by atoms with Crippen molar-refractivity contribution in [2.24, 2.45) is 0 Å². The summed E-state index contributed by atoms with van der Waals surface area (Å²) in [7, 11) is 0. The van der Waals surface area contributed by atoms with Crippen molar-refractivity contribution in [3.63, 3.8) is 0 Å². The van der Waals surface area contributed by atoms with E-state index in [9.17, 15) is 5.26 Å². The van der Waals surface area contributed by atoms with Crippen molar-refractivity contribution in [1.82, 2.24) is 4.98 Å². The highest BCUT2D eigenvalue weighted by Gasteiger charge is 2.09. The summed E-state index contributed by atoms with van der Waals surface area (Å²) in [5, 5.41) is 12.2. The number of benzene rings is 2. The first kappa shape index (κ1) is 15.7. The Balaban J connectivity index is 1.96. The molecule has 0 aliphatic carbocycles. The Hall–Kier alpha value is -2.22. The zero-order chi connectivity index (χ0) is 16.2. The number of rotatable bonds is 3. The average Bonchev–Trinajstić information content (AvgIpc) is 3.04. The molecular formula is C19H13BrN2S. The third-order valence-electron chi connectivity index (χ3n) is 3.48. The molecule has 0 spiro atoms. The maximum atomic E-state index is 9.49. The summed E-state index contributed by atoms with van der Waals surface area (Å²) in [6.45, 7) is 2.04.